The van der Waals surface area contributed by atoms with Crippen molar-refractivity contribution in [3.63, 3.8) is 0 Å². The van der Waals surface area contributed by atoms with Crippen molar-refractivity contribution in [2.75, 3.05) is 0 Å². The molecule has 0 spiro atoms. The molecule has 0 unspecified atom stereocenters. The summed E-state index contributed by atoms with van der Waals surface area (Å²) in [6.07, 6.45) is 10.0. The van der Waals surface area contributed by atoms with E-state index in [4.69, 9.17) is 0 Å². The maximum absolute atomic E-state index is 2.99. The van der Waals surface area contributed by atoms with Crippen LogP contribution < -0.4 is 0 Å². The second kappa shape index (κ2) is 6.44. The van der Waals surface area contributed by atoms with Gasteiger partial charge in [-0.05, 0) is 11.0 Å². The van der Waals surface area contributed by atoms with E-state index >= 15 is 0 Å². The van der Waals surface area contributed by atoms with Crippen molar-refractivity contribution >= 4 is 11.0 Å². The van der Waals surface area contributed by atoms with Crippen LogP contribution in [0.3, 0.4) is 0 Å². The van der Waals surface area contributed by atoms with Crippen LogP contribution >= 0.6 is 0 Å². The molecule has 1 aliphatic carbocycles. The van der Waals surface area contributed by atoms with E-state index in [1.165, 1.54) is 0 Å². The van der Waals surface area contributed by atoms with Gasteiger partial charge in [0, 0.05) is 22.4 Å². The Kier molecular flexibility index (Phi) is 9.59. The molecule has 1 aliphatic rings. The molecule has 0 saturated carbocycles. The van der Waals surface area contributed by atoms with Crippen LogP contribution in [0.2, 0.25) is 0 Å². The van der Waals surface area contributed by atoms with E-state index < -0.39 is 0 Å². The van der Waals surface area contributed by atoms with Crippen LogP contribution in [0.15, 0.2) is 18.2 Å². The molecule has 0 aliphatic heterocycles. The molecule has 0 atom stereocenters. The van der Waals surface area contributed by atoms with Crippen LogP contribution in [0.4, 0.5) is 0 Å². The van der Waals surface area contributed by atoms with Gasteiger partial charge in [-0.2, -0.15) is 6.08 Å². The molecule has 0 saturated heterocycles. The number of hydrogen-bond donors (Lipinski definition) is 0. The van der Waals surface area contributed by atoms with Crippen molar-refractivity contribution in [1.82, 2.24) is 0 Å². The number of rotatable bonds is 0. The average Bonchev–Trinajstić information content (AvgIpc) is 1.76. The molecule has 2 radical (unpaired) electrons. The third kappa shape index (κ3) is 4.29. The van der Waals surface area contributed by atoms with Crippen LogP contribution in [-0.4, -0.2) is 11.0 Å². The number of allylic oxidation sites excluding steroid dienone is 4. The Morgan fingerprint density at radius 2 is 2.14 bits per heavy atom. The summed E-state index contributed by atoms with van der Waals surface area (Å²) in [5, 5.41) is 0. The van der Waals surface area contributed by atoms with Crippen LogP contribution in [0.5, 0.6) is 0 Å². The normalized spacial score (nSPS) is 12.6. The fourth-order valence-electron chi connectivity index (χ4n) is 0.340. The maximum atomic E-state index is 2.99. The summed E-state index contributed by atoms with van der Waals surface area (Å²) < 4.78 is 0. The van der Waals surface area contributed by atoms with Crippen molar-refractivity contribution in [3.8, 4) is 0 Å². The van der Waals surface area contributed by atoms with E-state index in [-0.39, 0.29) is 33.3 Å². The van der Waals surface area contributed by atoms with Gasteiger partial charge in [0.05, 0.1) is 0 Å². The fraction of sp³-hybridized carbons (Fsp3) is 0.200. The van der Waals surface area contributed by atoms with E-state index in [1.807, 2.05) is 12.2 Å². The van der Waals surface area contributed by atoms with Crippen molar-refractivity contribution in [2.45, 2.75) is 6.42 Å². The standard InChI is InChI=1S/C5H5.H3Si.Ta/c1-2-4-5-3-1;;/h1-3H,4H2;1H3;/q-1;;. The van der Waals surface area contributed by atoms with E-state index in [2.05, 4.69) is 12.2 Å². The first kappa shape index (κ1) is 10.4. The Labute approximate surface area is 64.2 Å². The summed E-state index contributed by atoms with van der Waals surface area (Å²) in [7, 11) is 0. The van der Waals surface area contributed by atoms with Gasteiger partial charge in [0.15, 0.2) is 0 Å². The molecule has 0 amide bonds. The minimum absolute atomic E-state index is 0. The van der Waals surface area contributed by atoms with E-state index in [0.29, 0.717) is 0 Å². The Morgan fingerprint density at radius 3 is 2.29 bits per heavy atom. The second-order valence-corrected chi connectivity index (χ2v) is 1.00. The minimum atomic E-state index is 0. The maximum Gasteiger partial charge on any atom is 0 e. The van der Waals surface area contributed by atoms with Crippen molar-refractivity contribution in [2.24, 2.45) is 0 Å². The van der Waals surface area contributed by atoms with Crippen LogP contribution in [0, 0.1) is 6.08 Å². The Balaban J connectivity index is 0. The Hall–Kier alpha value is 0.437. The van der Waals surface area contributed by atoms with Gasteiger partial charge < -0.3 is 0 Å². The summed E-state index contributed by atoms with van der Waals surface area (Å²) in [4.78, 5) is 0. The fourth-order valence-corrected chi connectivity index (χ4v) is 0.340. The zero-order valence-corrected chi connectivity index (χ0v) is 9.60. The quantitative estimate of drug-likeness (QED) is 0.436. The summed E-state index contributed by atoms with van der Waals surface area (Å²) >= 11 is 0. The molecule has 0 fully saturated rings. The first-order chi connectivity index (χ1) is 2.50. The molecule has 0 N–H and O–H groups in total. The van der Waals surface area contributed by atoms with Crippen molar-refractivity contribution in [3.05, 3.63) is 24.3 Å². The average molecular weight is 277 g/mol. The molecule has 38 valence electrons. The molecule has 0 aromatic carbocycles. The summed E-state index contributed by atoms with van der Waals surface area (Å²) in [6.45, 7) is 0. The van der Waals surface area contributed by atoms with Gasteiger partial charge in [0.1, 0.15) is 0 Å². The Morgan fingerprint density at radius 1 is 1.43 bits per heavy atom. The molecule has 0 nitrogen and oxygen atoms in total. The zero-order valence-electron chi connectivity index (χ0n) is 4.39. The van der Waals surface area contributed by atoms with Crippen LogP contribution in [-0.2, 0) is 22.4 Å². The minimum Gasteiger partial charge on any atom is -0.273 e. The summed E-state index contributed by atoms with van der Waals surface area (Å²) in [6, 6.07) is 0. The molecule has 0 bridgehead atoms. The predicted molar refractivity (Wildman–Crippen MR) is 31.5 cm³/mol. The van der Waals surface area contributed by atoms with Crippen molar-refractivity contribution in [1.29, 1.82) is 0 Å². The van der Waals surface area contributed by atoms with Gasteiger partial charge in [0.2, 0.25) is 0 Å². The Bertz CT molecular complexity index is 66.1. The van der Waals surface area contributed by atoms with Crippen LogP contribution in [0.1, 0.15) is 6.42 Å². The van der Waals surface area contributed by atoms with Gasteiger partial charge in [0.25, 0.3) is 0 Å². The molecular weight excluding hydrogens is 269 g/mol. The van der Waals surface area contributed by atoms with E-state index in [9.17, 15) is 0 Å². The summed E-state index contributed by atoms with van der Waals surface area (Å²) in [5.41, 5.74) is 0. The molecule has 7 heavy (non-hydrogen) atoms. The van der Waals surface area contributed by atoms with Gasteiger partial charge in [-0.15, -0.1) is 6.42 Å². The van der Waals surface area contributed by atoms with Gasteiger partial charge in [-0.1, -0.05) is 0 Å². The molecular formula is C5H8SiTa-. The first-order valence-corrected chi connectivity index (χ1v) is 1.72. The van der Waals surface area contributed by atoms with Gasteiger partial charge >= 0.3 is 0 Å². The molecule has 0 aromatic rings. The molecule has 0 aromatic heterocycles. The van der Waals surface area contributed by atoms with E-state index in [1.54, 1.807) is 0 Å². The van der Waals surface area contributed by atoms with Crippen LogP contribution in [0.25, 0.3) is 0 Å². The van der Waals surface area contributed by atoms with Crippen molar-refractivity contribution < 1.29 is 22.4 Å². The molecule has 2 heteroatoms. The monoisotopic (exact) mass is 277 g/mol. The second-order valence-electron chi connectivity index (χ2n) is 1.00. The third-order valence-electron chi connectivity index (χ3n) is 0.586. The topological polar surface area (TPSA) is 0 Å². The third-order valence-corrected chi connectivity index (χ3v) is 0.586. The van der Waals surface area contributed by atoms with E-state index in [0.717, 1.165) is 6.42 Å². The molecule has 1 rings (SSSR count). The SMILES string of the molecule is [C-]1=CC=CC1.[SiH3].[Ta]. The molecule has 0 heterocycles. The van der Waals surface area contributed by atoms with Gasteiger partial charge in [-0.3, -0.25) is 6.08 Å². The largest absolute Gasteiger partial charge is 0.273 e. The smallest absolute Gasteiger partial charge is 0 e. The zero-order chi connectivity index (χ0) is 3.54. The predicted octanol–water partition coefficient (Wildman–Crippen LogP) is 0.119. The number of hydrogen-bond acceptors (Lipinski definition) is 0. The van der Waals surface area contributed by atoms with Gasteiger partial charge in [-0.25, -0.2) is 12.2 Å². The summed E-state index contributed by atoms with van der Waals surface area (Å²) in [5.74, 6) is 0. The first-order valence-electron chi connectivity index (χ1n) is 1.72.